The van der Waals surface area contributed by atoms with Crippen molar-refractivity contribution in [2.24, 2.45) is 0 Å². The van der Waals surface area contributed by atoms with Crippen LogP contribution in [0.1, 0.15) is 22.3 Å². The third-order valence-corrected chi connectivity index (χ3v) is 6.61. The molecule has 2 N–H and O–H groups in total. The van der Waals surface area contributed by atoms with E-state index >= 15 is 0 Å². The molecule has 1 fully saturated rings. The number of nitrogens with zero attached hydrogens (tertiary/aromatic N) is 1. The quantitative estimate of drug-likeness (QED) is 0.657. The van der Waals surface area contributed by atoms with Crippen LogP contribution >= 0.6 is 11.8 Å². The molecule has 0 radical (unpaired) electrons. The van der Waals surface area contributed by atoms with Gasteiger partial charge in [-0.25, -0.2) is 0 Å². The van der Waals surface area contributed by atoms with E-state index in [1.54, 1.807) is 16.7 Å². The molecule has 0 aromatic heterocycles. The van der Waals surface area contributed by atoms with E-state index in [1.165, 1.54) is 0 Å². The first-order valence-corrected chi connectivity index (χ1v) is 11.5. The van der Waals surface area contributed by atoms with Gasteiger partial charge in [0.05, 0.1) is 37.7 Å². The Labute approximate surface area is 181 Å². The molecular weight excluding hydrogens is 398 g/mol. The Kier molecular flexibility index (Phi) is 7.04. The largest absolute Gasteiger partial charge is 0.370 e. The summed E-state index contributed by atoms with van der Waals surface area (Å²) in [6.07, 6.45) is 0.966. The minimum atomic E-state index is -0.0469. The third kappa shape index (κ3) is 5.22. The van der Waals surface area contributed by atoms with Gasteiger partial charge >= 0.3 is 0 Å². The second-order valence-corrected chi connectivity index (χ2v) is 8.67. The average Bonchev–Trinajstić information content (AvgIpc) is 2.79. The van der Waals surface area contributed by atoms with E-state index in [1.807, 2.05) is 53.4 Å². The number of carbonyl (C=O) groups is 2. The second kappa shape index (κ2) is 10.1. The molecule has 2 aliphatic rings. The summed E-state index contributed by atoms with van der Waals surface area (Å²) < 4.78 is 5.37. The number of hydrogen-bond donors (Lipinski definition) is 2. The summed E-state index contributed by atoms with van der Waals surface area (Å²) in [5, 5.41) is 3.01. The van der Waals surface area contributed by atoms with Crippen LogP contribution in [0.5, 0.6) is 0 Å². The van der Waals surface area contributed by atoms with Gasteiger partial charge in [-0.1, -0.05) is 24.3 Å². The van der Waals surface area contributed by atoms with Crippen molar-refractivity contribution in [3.05, 3.63) is 59.7 Å². The summed E-state index contributed by atoms with van der Waals surface area (Å²) in [7, 11) is 0. The highest BCUT2D eigenvalue weighted by Crippen LogP contribution is 2.35. The maximum Gasteiger partial charge on any atom is 0.251 e. The van der Waals surface area contributed by atoms with Crippen LogP contribution in [0.2, 0.25) is 0 Å². The van der Waals surface area contributed by atoms with Gasteiger partial charge in [-0.05, 0) is 29.8 Å². The van der Waals surface area contributed by atoms with E-state index in [0.717, 1.165) is 55.4 Å². The zero-order valence-corrected chi connectivity index (χ0v) is 17.9. The van der Waals surface area contributed by atoms with Crippen molar-refractivity contribution in [3.8, 4) is 0 Å². The number of quaternary nitrogens is 1. The van der Waals surface area contributed by atoms with Crippen LogP contribution in [0.15, 0.2) is 53.4 Å². The van der Waals surface area contributed by atoms with Crippen molar-refractivity contribution >= 4 is 29.3 Å². The summed E-state index contributed by atoms with van der Waals surface area (Å²) in [5.74, 6) is 0.529. The zero-order valence-electron chi connectivity index (χ0n) is 17.1. The van der Waals surface area contributed by atoms with Gasteiger partial charge < -0.3 is 19.9 Å². The highest BCUT2D eigenvalue weighted by Gasteiger charge is 2.24. The van der Waals surface area contributed by atoms with Crippen LogP contribution in [-0.2, 0) is 16.1 Å². The first-order valence-electron chi connectivity index (χ1n) is 10.5. The zero-order chi connectivity index (χ0) is 20.8. The number of nitrogens with one attached hydrogen (secondary N) is 2. The average molecular weight is 427 g/mol. The van der Waals surface area contributed by atoms with Crippen molar-refractivity contribution in [2.45, 2.75) is 17.9 Å². The molecule has 2 amide bonds. The lowest BCUT2D eigenvalue weighted by molar-refractivity contribution is -0.908. The third-order valence-electron chi connectivity index (χ3n) is 5.56. The maximum atomic E-state index is 12.4. The minimum Gasteiger partial charge on any atom is -0.370 e. The normalized spacial score (nSPS) is 16.9. The second-order valence-electron chi connectivity index (χ2n) is 7.66. The molecule has 0 bridgehead atoms. The fourth-order valence-corrected chi connectivity index (χ4v) is 4.76. The van der Waals surface area contributed by atoms with Crippen LogP contribution in [-0.4, -0.2) is 57.0 Å². The van der Waals surface area contributed by atoms with Crippen LogP contribution < -0.4 is 15.1 Å². The van der Waals surface area contributed by atoms with Crippen molar-refractivity contribution in [3.63, 3.8) is 0 Å². The first-order chi connectivity index (χ1) is 14.7. The molecule has 1 saturated heterocycles. The fraction of sp³-hybridized carbons (Fsp3) is 0.391. The molecule has 0 spiro atoms. The van der Waals surface area contributed by atoms with Gasteiger partial charge in [-0.3, -0.25) is 9.59 Å². The first kappa shape index (κ1) is 20.9. The van der Waals surface area contributed by atoms with E-state index < -0.39 is 0 Å². The van der Waals surface area contributed by atoms with Crippen LogP contribution in [0.3, 0.4) is 0 Å². The molecule has 2 heterocycles. The lowest BCUT2D eigenvalue weighted by Gasteiger charge is -2.29. The molecule has 4 rings (SSSR count). The standard InChI is InChI=1S/C23H27N3O3S/c27-22-17-30-21-5-2-1-4-20(21)26(22)16-18-6-8-19(9-7-18)23(28)24-10-3-11-25-12-14-29-15-13-25/h1-2,4-9H,3,10-17H2,(H,24,28)/p+1. The van der Waals surface area contributed by atoms with Crippen LogP contribution in [0, 0.1) is 0 Å². The molecule has 30 heavy (non-hydrogen) atoms. The number of anilines is 1. The molecule has 0 atom stereocenters. The topological polar surface area (TPSA) is 63.1 Å². The van der Waals surface area contributed by atoms with Crippen LogP contribution in [0.25, 0.3) is 0 Å². The van der Waals surface area contributed by atoms with E-state index in [2.05, 4.69) is 5.32 Å². The molecule has 2 aromatic rings. The van der Waals surface area contributed by atoms with Crippen molar-refractivity contribution in [2.75, 3.05) is 50.0 Å². The number of carbonyl (C=O) groups excluding carboxylic acids is 2. The van der Waals surface area contributed by atoms with Crippen molar-refractivity contribution in [1.82, 2.24) is 5.32 Å². The molecular formula is C23H28N3O3S+. The highest BCUT2D eigenvalue weighted by molar-refractivity contribution is 8.00. The lowest BCUT2D eigenvalue weighted by Crippen LogP contribution is -3.14. The van der Waals surface area contributed by atoms with Gasteiger partial charge in [-0.2, -0.15) is 0 Å². The van der Waals surface area contributed by atoms with E-state index in [9.17, 15) is 9.59 Å². The summed E-state index contributed by atoms with van der Waals surface area (Å²) in [6.45, 7) is 6.04. The molecule has 0 saturated carbocycles. The van der Waals surface area contributed by atoms with E-state index in [0.29, 0.717) is 24.4 Å². The van der Waals surface area contributed by atoms with Crippen molar-refractivity contribution < 1.29 is 19.2 Å². The highest BCUT2D eigenvalue weighted by atomic mass is 32.2. The molecule has 6 nitrogen and oxygen atoms in total. The molecule has 2 aromatic carbocycles. The summed E-state index contributed by atoms with van der Waals surface area (Å²) in [4.78, 5) is 29.3. The number of ether oxygens (including phenoxy) is 1. The van der Waals surface area contributed by atoms with Gasteiger partial charge in [0.1, 0.15) is 13.1 Å². The number of amides is 2. The number of hydrogen-bond acceptors (Lipinski definition) is 4. The Bertz CT molecular complexity index is 882. The molecule has 2 aliphatic heterocycles. The molecule has 0 unspecified atom stereocenters. The van der Waals surface area contributed by atoms with E-state index in [4.69, 9.17) is 4.74 Å². The number of thioether (sulfide) groups is 1. The molecule has 7 heteroatoms. The minimum absolute atomic E-state index is 0.0469. The fourth-order valence-electron chi connectivity index (χ4n) is 3.82. The Morgan fingerprint density at radius 3 is 2.67 bits per heavy atom. The Balaban J connectivity index is 1.28. The molecule has 158 valence electrons. The van der Waals surface area contributed by atoms with E-state index in [-0.39, 0.29) is 11.8 Å². The maximum absolute atomic E-state index is 12.4. The Hall–Kier alpha value is -2.35. The SMILES string of the molecule is O=C(NCCC[NH+]1CCOCC1)c1ccc(CN2C(=O)CSc3ccccc32)cc1. The predicted octanol–water partition coefficient (Wildman–Crippen LogP) is 1.36. The summed E-state index contributed by atoms with van der Waals surface area (Å²) >= 11 is 1.58. The number of rotatable bonds is 7. The Morgan fingerprint density at radius 2 is 1.87 bits per heavy atom. The monoisotopic (exact) mass is 426 g/mol. The Morgan fingerprint density at radius 1 is 1.10 bits per heavy atom. The molecule has 0 aliphatic carbocycles. The summed E-state index contributed by atoms with van der Waals surface area (Å²) in [5.41, 5.74) is 2.62. The van der Waals surface area contributed by atoms with Gasteiger partial charge in [0.25, 0.3) is 5.91 Å². The number of para-hydroxylation sites is 1. The number of morpholine rings is 1. The predicted molar refractivity (Wildman–Crippen MR) is 118 cm³/mol. The van der Waals surface area contributed by atoms with Gasteiger partial charge in [0.15, 0.2) is 0 Å². The van der Waals surface area contributed by atoms with Crippen molar-refractivity contribution in [1.29, 1.82) is 0 Å². The van der Waals surface area contributed by atoms with Gasteiger partial charge in [0.2, 0.25) is 5.91 Å². The smallest absolute Gasteiger partial charge is 0.251 e. The number of benzene rings is 2. The number of fused-ring (bicyclic) bond motifs is 1. The summed E-state index contributed by atoms with van der Waals surface area (Å²) in [6, 6.07) is 15.5. The lowest BCUT2D eigenvalue weighted by atomic mass is 10.1. The van der Waals surface area contributed by atoms with Gasteiger partial charge in [0, 0.05) is 23.4 Å². The van der Waals surface area contributed by atoms with Gasteiger partial charge in [-0.15, -0.1) is 11.8 Å². The van der Waals surface area contributed by atoms with Crippen LogP contribution in [0.4, 0.5) is 5.69 Å².